The van der Waals surface area contributed by atoms with Crippen molar-refractivity contribution in [3.63, 3.8) is 0 Å². The Bertz CT molecular complexity index is 596. The van der Waals surface area contributed by atoms with Crippen molar-refractivity contribution in [1.82, 2.24) is 9.80 Å². The molecular formula is C28H46N2. The molecule has 0 aliphatic carbocycles. The lowest BCUT2D eigenvalue weighted by atomic mass is 9.88. The van der Waals surface area contributed by atoms with Crippen LogP contribution in [0.4, 0.5) is 0 Å². The Kier molecular flexibility index (Phi) is 9.78. The van der Waals surface area contributed by atoms with Crippen LogP contribution in [0.3, 0.4) is 0 Å². The summed E-state index contributed by atoms with van der Waals surface area (Å²) in [5.41, 5.74) is 2.90. The van der Waals surface area contributed by atoms with Crippen molar-refractivity contribution in [2.75, 3.05) is 26.2 Å². The van der Waals surface area contributed by atoms with E-state index in [0.29, 0.717) is 0 Å². The summed E-state index contributed by atoms with van der Waals surface area (Å²) < 4.78 is 0. The van der Waals surface area contributed by atoms with Crippen molar-refractivity contribution >= 4 is 0 Å². The third-order valence-corrected chi connectivity index (χ3v) is 7.76. The quantitative estimate of drug-likeness (QED) is 0.391. The van der Waals surface area contributed by atoms with E-state index in [4.69, 9.17) is 0 Å². The highest BCUT2D eigenvalue weighted by Crippen LogP contribution is 2.26. The molecule has 2 heteroatoms. The van der Waals surface area contributed by atoms with E-state index in [-0.39, 0.29) is 0 Å². The molecule has 30 heavy (non-hydrogen) atoms. The number of rotatable bonds is 11. The zero-order chi connectivity index (χ0) is 21.2. The smallest absolute Gasteiger partial charge is 0.0189 e. The summed E-state index contributed by atoms with van der Waals surface area (Å²) in [4.78, 5) is 5.36. The molecule has 0 saturated carbocycles. The van der Waals surface area contributed by atoms with Crippen molar-refractivity contribution in [2.24, 2.45) is 11.8 Å². The maximum atomic E-state index is 4.47. The van der Waals surface area contributed by atoms with Gasteiger partial charge in [0.15, 0.2) is 0 Å². The zero-order valence-electron chi connectivity index (χ0n) is 19.8. The van der Waals surface area contributed by atoms with Crippen molar-refractivity contribution in [3.05, 3.63) is 48.2 Å². The predicted molar refractivity (Wildman–Crippen MR) is 131 cm³/mol. The minimum Gasteiger partial charge on any atom is -0.375 e. The predicted octanol–water partition coefficient (Wildman–Crippen LogP) is 6.92. The summed E-state index contributed by atoms with van der Waals surface area (Å²) >= 11 is 0. The van der Waals surface area contributed by atoms with E-state index >= 15 is 0 Å². The Balaban J connectivity index is 1.31. The van der Waals surface area contributed by atoms with Crippen molar-refractivity contribution in [1.29, 1.82) is 0 Å². The second-order valence-corrected chi connectivity index (χ2v) is 10.1. The van der Waals surface area contributed by atoms with E-state index in [1.165, 1.54) is 108 Å². The number of piperidine rings is 2. The molecule has 168 valence electrons. The van der Waals surface area contributed by atoms with Crippen LogP contribution in [0.15, 0.2) is 42.6 Å². The van der Waals surface area contributed by atoms with Crippen LogP contribution in [0, 0.1) is 11.8 Å². The number of nitrogens with zero attached hydrogens (tertiary/aromatic N) is 2. The Morgan fingerprint density at radius 2 is 1.67 bits per heavy atom. The minimum atomic E-state index is 0.803. The molecule has 0 unspecified atom stereocenters. The van der Waals surface area contributed by atoms with Gasteiger partial charge in [-0.15, -0.1) is 0 Å². The van der Waals surface area contributed by atoms with Gasteiger partial charge in [0, 0.05) is 24.8 Å². The van der Waals surface area contributed by atoms with Gasteiger partial charge in [-0.2, -0.15) is 0 Å². The van der Waals surface area contributed by atoms with Gasteiger partial charge in [-0.05, 0) is 81.9 Å². The highest BCUT2D eigenvalue weighted by Gasteiger charge is 2.26. The molecule has 2 nitrogen and oxygen atoms in total. The van der Waals surface area contributed by atoms with Gasteiger partial charge in [0.05, 0.1) is 0 Å². The van der Waals surface area contributed by atoms with E-state index in [1.54, 1.807) is 0 Å². The lowest BCUT2D eigenvalue weighted by Gasteiger charge is -2.41. The monoisotopic (exact) mass is 410 g/mol. The fraction of sp³-hybridized carbons (Fsp3) is 0.714. The molecule has 0 amide bonds. The average Bonchev–Trinajstić information content (AvgIpc) is 2.81. The zero-order valence-corrected chi connectivity index (χ0v) is 19.8. The lowest BCUT2D eigenvalue weighted by Crippen LogP contribution is -2.46. The van der Waals surface area contributed by atoms with Crippen molar-refractivity contribution in [3.8, 4) is 0 Å². The van der Waals surface area contributed by atoms with Crippen LogP contribution in [-0.2, 0) is 6.42 Å². The normalized spacial score (nSPS) is 20.8. The van der Waals surface area contributed by atoms with Gasteiger partial charge in [-0.3, -0.25) is 0 Å². The third-order valence-electron chi connectivity index (χ3n) is 7.76. The summed E-state index contributed by atoms with van der Waals surface area (Å²) in [5, 5.41) is 0. The van der Waals surface area contributed by atoms with Crippen molar-refractivity contribution < 1.29 is 0 Å². The summed E-state index contributed by atoms with van der Waals surface area (Å²) in [5.74, 6) is 1.63. The Morgan fingerprint density at radius 3 is 2.33 bits per heavy atom. The molecule has 2 heterocycles. The van der Waals surface area contributed by atoms with E-state index in [1.807, 2.05) is 0 Å². The van der Waals surface area contributed by atoms with E-state index in [2.05, 4.69) is 60.6 Å². The molecule has 0 spiro atoms. The number of allylic oxidation sites excluding steroid dienone is 1. The molecule has 2 aliphatic rings. The molecule has 2 atom stereocenters. The lowest BCUT2D eigenvalue weighted by molar-refractivity contribution is 0.104. The van der Waals surface area contributed by atoms with Gasteiger partial charge in [-0.25, -0.2) is 0 Å². The maximum Gasteiger partial charge on any atom is 0.0189 e. The highest BCUT2D eigenvalue weighted by atomic mass is 15.2. The van der Waals surface area contributed by atoms with Gasteiger partial charge in [0.25, 0.3) is 0 Å². The molecule has 3 rings (SSSR count). The largest absolute Gasteiger partial charge is 0.375 e. The standard InChI is InChI=1S/C28H46N2/c1-4-26(23-27-11-7-5-8-12-27)16-14-24(2)13-15-25(3)29-21-17-28(18-22-29)30-19-9-6-10-20-30/h5,7-8,11-12,24,26,28H,3-4,6,9-10,13-23H2,1-2H3/t24-,26-/m0/s1. The van der Waals surface area contributed by atoms with Gasteiger partial charge < -0.3 is 9.80 Å². The first-order chi connectivity index (χ1) is 14.7. The molecular weight excluding hydrogens is 364 g/mol. The second-order valence-electron chi connectivity index (χ2n) is 10.1. The van der Waals surface area contributed by atoms with Gasteiger partial charge >= 0.3 is 0 Å². The number of hydrogen-bond donors (Lipinski definition) is 0. The number of likely N-dealkylation sites (tertiary alicyclic amines) is 2. The van der Waals surface area contributed by atoms with Gasteiger partial charge in [-0.1, -0.05) is 70.0 Å². The fourth-order valence-corrected chi connectivity index (χ4v) is 5.46. The Hall–Kier alpha value is -1.28. The average molecular weight is 411 g/mol. The number of hydrogen-bond acceptors (Lipinski definition) is 2. The fourth-order valence-electron chi connectivity index (χ4n) is 5.46. The van der Waals surface area contributed by atoms with Gasteiger partial charge in [0.1, 0.15) is 0 Å². The van der Waals surface area contributed by atoms with Crippen LogP contribution in [0.2, 0.25) is 0 Å². The molecule has 0 N–H and O–H groups in total. The topological polar surface area (TPSA) is 6.48 Å². The summed E-state index contributed by atoms with van der Waals surface area (Å²) in [6, 6.07) is 11.9. The Labute approximate surface area is 186 Å². The van der Waals surface area contributed by atoms with Crippen LogP contribution in [0.25, 0.3) is 0 Å². The Morgan fingerprint density at radius 1 is 0.967 bits per heavy atom. The highest BCUT2D eigenvalue weighted by molar-refractivity contribution is 5.15. The van der Waals surface area contributed by atoms with E-state index in [9.17, 15) is 0 Å². The summed E-state index contributed by atoms with van der Waals surface area (Å²) in [6.45, 7) is 14.4. The van der Waals surface area contributed by atoms with Crippen LogP contribution in [0.5, 0.6) is 0 Å². The minimum absolute atomic E-state index is 0.803. The van der Waals surface area contributed by atoms with Crippen molar-refractivity contribution in [2.45, 2.75) is 90.5 Å². The SMILES string of the molecule is C=C(CC[C@H](C)CC[C@H](CC)Cc1ccccc1)N1CCC(N2CCCCC2)CC1. The molecule has 2 fully saturated rings. The number of benzene rings is 1. The van der Waals surface area contributed by atoms with E-state index in [0.717, 1.165) is 17.9 Å². The molecule has 1 aromatic rings. The van der Waals surface area contributed by atoms with Gasteiger partial charge in [0.2, 0.25) is 0 Å². The molecule has 0 bridgehead atoms. The summed E-state index contributed by atoms with van der Waals surface area (Å²) in [7, 11) is 0. The first kappa shape index (κ1) is 23.4. The van der Waals surface area contributed by atoms with Crippen LogP contribution < -0.4 is 0 Å². The molecule has 2 aliphatic heterocycles. The molecule has 2 saturated heterocycles. The molecule has 0 radical (unpaired) electrons. The first-order valence-electron chi connectivity index (χ1n) is 12.9. The maximum absolute atomic E-state index is 4.47. The molecule has 1 aromatic carbocycles. The van der Waals surface area contributed by atoms with Crippen LogP contribution in [-0.4, -0.2) is 42.0 Å². The third kappa shape index (κ3) is 7.45. The van der Waals surface area contributed by atoms with E-state index < -0.39 is 0 Å². The van der Waals surface area contributed by atoms with Crippen LogP contribution in [0.1, 0.15) is 83.6 Å². The summed E-state index contributed by atoms with van der Waals surface area (Å²) in [6.07, 6.45) is 14.7. The first-order valence-corrected chi connectivity index (χ1v) is 12.9. The second kappa shape index (κ2) is 12.5. The molecule has 0 aromatic heterocycles. The van der Waals surface area contributed by atoms with Crippen LogP contribution >= 0.6 is 0 Å².